The number of nitrogens with zero attached hydrogens (tertiary/aromatic N) is 2. The van der Waals surface area contributed by atoms with E-state index in [2.05, 4.69) is 4.98 Å². The van der Waals surface area contributed by atoms with Gasteiger partial charge in [0.15, 0.2) is 0 Å². The van der Waals surface area contributed by atoms with Crippen molar-refractivity contribution in [1.29, 1.82) is 0 Å². The molecular formula is C13H11F3N2O2. The van der Waals surface area contributed by atoms with Crippen LogP contribution in [0.3, 0.4) is 0 Å². The lowest BCUT2D eigenvalue weighted by Gasteiger charge is -2.11. The third-order valence-corrected chi connectivity index (χ3v) is 2.78. The van der Waals surface area contributed by atoms with Crippen LogP contribution >= 0.6 is 0 Å². The molecule has 0 aliphatic heterocycles. The first-order valence-electron chi connectivity index (χ1n) is 5.70. The summed E-state index contributed by atoms with van der Waals surface area (Å²) in [5.41, 5.74) is -0.712. The number of alkyl halides is 3. The van der Waals surface area contributed by atoms with Gasteiger partial charge in [0, 0.05) is 18.0 Å². The highest BCUT2D eigenvalue weighted by Crippen LogP contribution is 2.27. The lowest BCUT2D eigenvalue weighted by molar-refractivity contribution is -0.141. The molecule has 7 heteroatoms. The molecule has 0 fully saturated rings. The van der Waals surface area contributed by atoms with Crippen LogP contribution < -0.4 is 5.56 Å². The summed E-state index contributed by atoms with van der Waals surface area (Å²) in [6.45, 7) is 1.57. The monoisotopic (exact) mass is 284 g/mol. The van der Waals surface area contributed by atoms with E-state index in [0.717, 1.165) is 18.3 Å². The van der Waals surface area contributed by atoms with Crippen LogP contribution in [0.4, 0.5) is 13.2 Å². The van der Waals surface area contributed by atoms with Crippen LogP contribution in [0.15, 0.2) is 35.3 Å². The Balaban J connectivity index is 2.39. The van der Waals surface area contributed by atoms with Gasteiger partial charge in [-0.15, -0.1) is 0 Å². The topological polar surface area (TPSA) is 55.1 Å². The molecule has 0 radical (unpaired) electrons. The van der Waals surface area contributed by atoms with Gasteiger partial charge in [-0.1, -0.05) is 0 Å². The van der Waals surface area contributed by atoms with Crippen LogP contribution in [0.1, 0.15) is 17.0 Å². The van der Waals surface area contributed by atoms with E-state index in [1.165, 1.54) is 16.7 Å². The Morgan fingerprint density at radius 3 is 2.60 bits per heavy atom. The maximum atomic E-state index is 12.6. The van der Waals surface area contributed by atoms with Crippen molar-refractivity contribution in [2.75, 3.05) is 0 Å². The van der Waals surface area contributed by atoms with Crippen LogP contribution in [-0.2, 0) is 12.7 Å². The van der Waals surface area contributed by atoms with Gasteiger partial charge in [0.05, 0.1) is 6.54 Å². The Hall–Kier alpha value is -2.31. The van der Waals surface area contributed by atoms with Crippen molar-refractivity contribution in [1.82, 2.24) is 9.55 Å². The highest BCUT2D eigenvalue weighted by atomic mass is 19.4. The molecule has 2 heterocycles. The molecule has 0 bridgehead atoms. The van der Waals surface area contributed by atoms with E-state index in [4.69, 9.17) is 0 Å². The summed E-state index contributed by atoms with van der Waals surface area (Å²) in [7, 11) is 0. The fourth-order valence-corrected chi connectivity index (χ4v) is 1.82. The number of pyridine rings is 2. The van der Waals surface area contributed by atoms with E-state index in [1.807, 2.05) is 0 Å². The van der Waals surface area contributed by atoms with Crippen molar-refractivity contribution in [3.63, 3.8) is 0 Å². The predicted octanol–water partition coefficient (Wildman–Crippen LogP) is 2.32. The molecule has 4 nitrogen and oxygen atoms in total. The predicted molar refractivity (Wildman–Crippen MR) is 65.4 cm³/mol. The second-order valence-corrected chi connectivity index (χ2v) is 4.33. The molecule has 20 heavy (non-hydrogen) atoms. The van der Waals surface area contributed by atoms with Crippen molar-refractivity contribution in [2.45, 2.75) is 19.6 Å². The Kier molecular flexibility index (Phi) is 3.52. The van der Waals surface area contributed by atoms with Gasteiger partial charge < -0.3 is 9.67 Å². The maximum absolute atomic E-state index is 12.6. The molecule has 2 aromatic rings. The zero-order valence-corrected chi connectivity index (χ0v) is 10.5. The zero-order chi connectivity index (χ0) is 14.9. The van der Waals surface area contributed by atoms with E-state index in [-0.39, 0.29) is 12.3 Å². The van der Waals surface area contributed by atoms with E-state index < -0.39 is 17.4 Å². The number of halogens is 3. The third-order valence-electron chi connectivity index (χ3n) is 2.78. The van der Waals surface area contributed by atoms with Gasteiger partial charge in [-0.2, -0.15) is 13.2 Å². The smallest absolute Gasteiger partial charge is 0.433 e. The first-order valence-corrected chi connectivity index (χ1v) is 5.70. The zero-order valence-electron chi connectivity index (χ0n) is 10.5. The molecule has 106 valence electrons. The number of aromatic hydroxyl groups is 1. The van der Waals surface area contributed by atoms with Crippen molar-refractivity contribution < 1.29 is 18.3 Å². The van der Waals surface area contributed by atoms with Crippen molar-refractivity contribution >= 4 is 0 Å². The molecule has 0 aliphatic rings. The van der Waals surface area contributed by atoms with Crippen LogP contribution in [0.5, 0.6) is 5.75 Å². The second-order valence-electron chi connectivity index (χ2n) is 4.33. The fourth-order valence-electron chi connectivity index (χ4n) is 1.82. The lowest BCUT2D eigenvalue weighted by Crippen LogP contribution is -2.22. The van der Waals surface area contributed by atoms with Crippen molar-refractivity contribution in [3.8, 4) is 5.75 Å². The summed E-state index contributed by atoms with van der Waals surface area (Å²) in [5.74, 6) is -0.172. The molecule has 0 unspecified atom stereocenters. The van der Waals surface area contributed by atoms with Crippen LogP contribution in [0, 0.1) is 6.92 Å². The normalized spacial score (nSPS) is 11.6. The van der Waals surface area contributed by atoms with Crippen LogP contribution in [-0.4, -0.2) is 14.7 Å². The number of rotatable bonds is 2. The van der Waals surface area contributed by atoms with Gasteiger partial charge in [0.1, 0.15) is 11.4 Å². The minimum Gasteiger partial charge on any atom is -0.508 e. The molecule has 0 aliphatic carbocycles. The number of aryl methyl sites for hydroxylation is 1. The molecule has 0 saturated carbocycles. The molecule has 0 atom stereocenters. The third kappa shape index (κ3) is 2.98. The molecular weight excluding hydrogens is 273 g/mol. The Morgan fingerprint density at radius 2 is 2.00 bits per heavy atom. The molecule has 0 amide bonds. The van der Waals surface area contributed by atoms with Gasteiger partial charge in [0.25, 0.3) is 5.56 Å². The highest BCUT2D eigenvalue weighted by Gasteiger charge is 2.32. The Labute approximate surface area is 112 Å². The second kappa shape index (κ2) is 4.99. The molecule has 2 rings (SSSR count). The standard InChI is InChI=1S/C13H11F3N2O2/c1-8-4-10(19)6-12(20)18(8)7-9-2-3-17-11(5-9)13(14,15)16/h2-6,19H,7H2,1H3. The van der Waals surface area contributed by atoms with E-state index in [9.17, 15) is 23.1 Å². The summed E-state index contributed by atoms with van der Waals surface area (Å²) >= 11 is 0. The summed E-state index contributed by atoms with van der Waals surface area (Å²) in [5, 5.41) is 9.26. The minimum absolute atomic E-state index is 0.0173. The summed E-state index contributed by atoms with van der Waals surface area (Å²) < 4.78 is 38.9. The molecule has 0 aromatic carbocycles. The number of hydrogen-bond donors (Lipinski definition) is 1. The van der Waals surface area contributed by atoms with Crippen LogP contribution in [0.2, 0.25) is 0 Å². The Bertz CT molecular complexity index is 693. The first kappa shape index (κ1) is 14.1. The van der Waals surface area contributed by atoms with E-state index in [0.29, 0.717) is 11.3 Å². The van der Waals surface area contributed by atoms with Crippen LogP contribution in [0.25, 0.3) is 0 Å². The van der Waals surface area contributed by atoms with E-state index in [1.54, 1.807) is 6.92 Å². The average Bonchev–Trinajstić information content (AvgIpc) is 2.33. The van der Waals surface area contributed by atoms with E-state index >= 15 is 0 Å². The average molecular weight is 284 g/mol. The summed E-state index contributed by atoms with van der Waals surface area (Å²) in [6, 6.07) is 4.69. The Morgan fingerprint density at radius 1 is 1.30 bits per heavy atom. The van der Waals surface area contributed by atoms with Gasteiger partial charge in [-0.25, -0.2) is 0 Å². The molecule has 0 saturated heterocycles. The molecule has 0 spiro atoms. The number of aromatic nitrogens is 2. The molecule has 1 N–H and O–H groups in total. The van der Waals surface area contributed by atoms with Gasteiger partial charge in [0.2, 0.25) is 0 Å². The quantitative estimate of drug-likeness (QED) is 0.920. The lowest BCUT2D eigenvalue weighted by atomic mass is 10.2. The minimum atomic E-state index is -4.52. The maximum Gasteiger partial charge on any atom is 0.433 e. The SMILES string of the molecule is Cc1cc(O)cc(=O)n1Cc1ccnc(C(F)(F)F)c1. The molecule has 2 aromatic heterocycles. The van der Waals surface area contributed by atoms with Gasteiger partial charge >= 0.3 is 6.18 Å². The van der Waals surface area contributed by atoms with Crippen molar-refractivity contribution in [3.05, 3.63) is 57.8 Å². The highest BCUT2D eigenvalue weighted by molar-refractivity contribution is 5.24. The largest absolute Gasteiger partial charge is 0.508 e. The number of hydrogen-bond acceptors (Lipinski definition) is 3. The van der Waals surface area contributed by atoms with Gasteiger partial charge in [-0.3, -0.25) is 9.78 Å². The fraction of sp³-hybridized carbons (Fsp3) is 0.231. The van der Waals surface area contributed by atoms with Gasteiger partial charge in [-0.05, 0) is 30.7 Å². The summed E-state index contributed by atoms with van der Waals surface area (Å²) in [4.78, 5) is 15.0. The first-order chi connectivity index (χ1) is 9.27. The van der Waals surface area contributed by atoms with Crippen molar-refractivity contribution in [2.24, 2.45) is 0 Å². The summed E-state index contributed by atoms with van der Waals surface area (Å²) in [6.07, 6.45) is -3.47.